The molecule has 0 aromatic carbocycles. The second kappa shape index (κ2) is 4.01. The van der Waals surface area contributed by atoms with E-state index < -0.39 is 0 Å². The van der Waals surface area contributed by atoms with Gasteiger partial charge in [-0.15, -0.1) is 0 Å². The zero-order valence-corrected chi connectivity index (χ0v) is 8.58. The number of nitrogens with zero attached hydrogens (tertiary/aromatic N) is 2. The van der Waals surface area contributed by atoms with Gasteiger partial charge in [0.25, 0.3) is 0 Å². The maximum atomic E-state index is 5.98. The van der Waals surface area contributed by atoms with Crippen LogP contribution in [0.3, 0.4) is 0 Å². The Morgan fingerprint density at radius 2 is 1.92 bits per heavy atom. The summed E-state index contributed by atoms with van der Waals surface area (Å²) >= 11 is 0. The molecule has 2 nitrogen and oxygen atoms in total. The lowest BCUT2D eigenvalue weighted by Gasteiger charge is -2.38. The third-order valence-corrected chi connectivity index (χ3v) is 3.47. The molecule has 2 radical (unpaired) electrons. The van der Waals surface area contributed by atoms with Gasteiger partial charge >= 0.3 is 0 Å². The number of rotatable bonds is 0. The average molecular weight is 178 g/mol. The summed E-state index contributed by atoms with van der Waals surface area (Å²) < 4.78 is 0. The van der Waals surface area contributed by atoms with Crippen LogP contribution in [0.1, 0.15) is 19.3 Å². The van der Waals surface area contributed by atoms with Crippen molar-refractivity contribution in [1.29, 1.82) is 0 Å². The second-order valence-electron chi connectivity index (χ2n) is 4.58. The molecular formula is C10H19BN2. The first kappa shape index (κ1) is 9.54. The van der Waals surface area contributed by atoms with Crippen LogP contribution in [0.25, 0.3) is 0 Å². The molecule has 0 N–H and O–H groups in total. The van der Waals surface area contributed by atoms with Gasteiger partial charge in [0.15, 0.2) is 0 Å². The van der Waals surface area contributed by atoms with Crippen LogP contribution in [0.2, 0.25) is 5.82 Å². The largest absolute Gasteiger partial charge is 0.304 e. The Labute approximate surface area is 82.7 Å². The molecule has 0 bridgehead atoms. The standard InChI is InChI=1S/C10H19BN2/c1-12-6-7-13-5-4-9(11)2-3-10(13)8-12/h9-10H,2-8H2,1H3. The van der Waals surface area contributed by atoms with Crippen molar-refractivity contribution >= 4 is 7.85 Å². The molecule has 0 aromatic rings. The minimum atomic E-state index is 0.455. The average Bonchev–Trinajstić information content (AvgIpc) is 2.29. The first-order valence-electron chi connectivity index (χ1n) is 5.44. The normalized spacial score (nSPS) is 38.2. The summed E-state index contributed by atoms with van der Waals surface area (Å²) in [6, 6.07) is 0.785. The molecule has 2 aliphatic heterocycles. The lowest BCUT2D eigenvalue weighted by atomic mass is 9.81. The molecule has 0 aliphatic carbocycles. The fourth-order valence-electron chi connectivity index (χ4n) is 2.50. The maximum absolute atomic E-state index is 5.98. The molecule has 0 spiro atoms. The molecule has 3 heteroatoms. The van der Waals surface area contributed by atoms with E-state index in [1.165, 1.54) is 45.4 Å². The monoisotopic (exact) mass is 178 g/mol. The summed E-state index contributed by atoms with van der Waals surface area (Å²) in [6.07, 6.45) is 3.71. The van der Waals surface area contributed by atoms with E-state index in [4.69, 9.17) is 7.85 Å². The summed E-state index contributed by atoms with van der Waals surface area (Å²) in [7, 11) is 8.21. The van der Waals surface area contributed by atoms with Crippen LogP contribution >= 0.6 is 0 Å². The van der Waals surface area contributed by atoms with Crippen LogP contribution < -0.4 is 0 Å². The van der Waals surface area contributed by atoms with Crippen molar-refractivity contribution in [2.45, 2.75) is 31.1 Å². The summed E-state index contributed by atoms with van der Waals surface area (Å²) in [5.41, 5.74) is 0. The van der Waals surface area contributed by atoms with Gasteiger partial charge in [-0.05, 0) is 26.4 Å². The predicted molar refractivity (Wildman–Crippen MR) is 56.2 cm³/mol. The summed E-state index contributed by atoms with van der Waals surface area (Å²) in [4.78, 5) is 5.07. The quantitative estimate of drug-likeness (QED) is 0.505. The van der Waals surface area contributed by atoms with Gasteiger partial charge in [0, 0.05) is 25.7 Å². The van der Waals surface area contributed by atoms with E-state index in [0.29, 0.717) is 5.82 Å². The molecule has 2 heterocycles. The van der Waals surface area contributed by atoms with Crippen molar-refractivity contribution in [2.75, 3.05) is 33.2 Å². The number of piperazine rings is 1. The van der Waals surface area contributed by atoms with Gasteiger partial charge < -0.3 is 4.90 Å². The number of hydrogen-bond donors (Lipinski definition) is 0. The van der Waals surface area contributed by atoms with E-state index in [9.17, 15) is 0 Å². The van der Waals surface area contributed by atoms with Gasteiger partial charge in [-0.3, -0.25) is 4.90 Å². The Bertz CT molecular complexity index is 174. The Morgan fingerprint density at radius 1 is 1.08 bits per heavy atom. The van der Waals surface area contributed by atoms with Crippen LogP contribution in [-0.2, 0) is 0 Å². The Hall–Kier alpha value is -0.0151. The Morgan fingerprint density at radius 3 is 2.77 bits per heavy atom. The van der Waals surface area contributed by atoms with E-state index in [-0.39, 0.29) is 0 Å². The lowest BCUT2D eigenvalue weighted by Crippen LogP contribution is -2.51. The molecule has 2 atom stereocenters. The van der Waals surface area contributed by atoms with Crippen molar-refractivity contribution in [3.8, 4) is 0 Å². The smallest absolute Gasteiger partial charge is 0.0700 e. The molecular weight excluding hydrogens is 159 g/mol. The SMILES string of the molecule is [B]C1CCC2CN(C)CCN2CC1. The fraction of sp³-hybridized carbons (Fsp3) is 1.00. The number of likely N-dealkylation sites (N-methyl/N-ethyl adjacent to an activating group) is 1. The van der Waals surface area contributed by atoms with Crippen molar-refractivity contribution in [3.63, 3.8) is 0 Å². The van der Waals surface area contributed by atoms with Crippen LogP contribution in [-0.4, -0.2) is 56.9 Å². The molecule has 2 unspecified atom stereocenters. The van der Waals surface area contributed by atoms with Crippen molar-refractivity contribution in [2.24, 2.45) is 0 Å². The zero-order valence-electron chi connectivity index (χ0n) is 8.58. The molecule has 0 aromatic heterocycles. The number of fused-ring (bicyclic) bond motifs is 1. The van der Waals surface area contributed by atoms with Crippen molar-refractivity contribution in [3.05, 3.63) is 0 Å². The third-order valence-electron chi connectivity index (χ3n) is 3.47. The van der Waals surface area contributed by atoms with Gasteiger partial charge in [0.2, 0.25) is 0 Å². The maximum Gasteiger partial charge on any atom is 0.0700 e. The Kier molecular flexibility index (Phi) is 2.94. The molecule has 0 amide bonds. The van der Waals surface area contributed by atoms with Crippen LogP contribution in [0, 0.1) is 0 Å². The van der Waals surface area contributed by atoms with Crippen molar-refractivity contribution < 1.29 is 0 Å². The molecule has 0 saturated carbocycles. The minimum Gasteiger partial charge on any atom is -0.304 e. The van der Waals surface area contributed by atoms with Crippen LogP contribution in [0.4, 0.5) is 0 Å². The predicted octanol–water partition coefficient (Wildman–Crippen LogP) is 0.743. The molecule has 13 heavy (non-hydrogen) atoms. The highest BCUT2D eigenvalue weighted by atomic mass is 15.3. The third kappa shape index (κ3) is 2.26. The first-order valence-corrected chi connectivity index (χ1v) is 5.44. The summed E-state index contributed by atoms with van der Waals surface area (Å²) in [5.74, 6) is 0.455. The van der Waals surface area contributed by atoms with E-state index in [1.54, 1.807) is 0 Å². The van der Waals surface area contributed by atoms with E-state index in [0.717, 1.165) is 6.04 Å². The topological polar surface area (TPSA) is 6.48 Å². The fourth-order valence-corrected chi connectivity index (χ4v) is 2.50. The molecule has 2 rings (SSSR count). The molecule has 2 fully saturated rings. The highest BCUT2D eigenvalue weighted by Crippen LogP contribution is 2.25. The van der Waals surface area contributed by atoms with Crippen LogP contribution in [0.15, 0.2) is 0 Å². The summed E-state index contributed by atoms with van der Waals surface area (Å²) in [6.45, 7) is 4.94. The molecule has 2 aliphatic rings. The number of hydrogen-bond acceptors (Lipinski definition) is 2. The lowest BCUT2D eigenvalue weighted by molar-refractivity contribution is 0.0925. The zero-order chi connectivity index (χ0) is 9.26. The van der Waals surface area contributed by atoms with Gasteiger partial charge in [0.05, 0.1) is 7.85 Å². The van der Waals surface area contributed by atoms with E-state index >= 15 is 0 Å². The summed E-state index contributed by atoms with van der Waals surface area (Å²) in [5, 5.41) is 0. The van der Waals surface area contributed by atoms with Gasteiger partial charge in [-0.1, -0.05) is 12.2 Å². The van der Waals surface area contributed by atoms with Gasteiger partial charge in [-0.2, -0.15) is 0 Å². The van der Waals surface area contributed by atoms with Gasteiger partial charge in [0.1, 0.15) is 0 Å². The highest BCUT2D eigenvalue weighted by molar-refractivity contribution is 6.11. The second-order valence-corrected chi connectivity index (χ2v) is 4.58. The molecule has 2 saturated heterocycles. The van der Waals surface area contributed by atoms with E-state index in [1.807, 2.05) is 0 Å². The molecule has 72 valence electrons. The first-order chi connectivity index (χ1) is 6.25. The minimum absolute atomic E-state index is 0.455. The highest BCUT2D eigenvalue weighted by Gasteiger charge is 2.27. The Balaban J connectivity index is 1.95. The van der Waals surface area contributed by atoms with Crippen LogP contribution in [0.5, 0.6) is 0 Å². The van der Waals surface area contributed by atoms with E-state index in [2.05, 4.69) is 16.8 Å². The van der Waals surface area contributed by atoms with Crippen molar-refractivity contribution in [1.82, 2.24) is 9.80 Å². The van der Waals surface area contributed by atoms with Gasteiger partial charge in [-0.25, -0.2) is 0 Å².